The molecule has 4 atom stereocenters. The molecule has 142 valence electrons. The summed E-state index contributed by atoms with van der Waals surface area (Å²) in [5.74, 6) is -5.00. The molecule has 0 unspecified atom stereocenters. The highest BCUT2D eigenvalue weighted by Crippen LogP contribution is 2.46. The van der Waals surface area contributed by atoms with Crippen LogP contribution in [0, 0.1) is 11.8 Å². The van der Waals surface area contributed by atoms with Crippen LogP contribution in [0.3, 0.4) is 0 Å². The molecule has 0 aromatic heterocycles. The van der Waals surface area contributed by atoms with E-state index in [1.54, 1.807) is 38.1 Å². The van der Waals surface area contributed by atoms with Crippen molar-refractivity contribution >= 4 is 29.3 Å². The van der Waals surface area contributed by atoms with E-state index < -0.39 is 41.1 Å². The van der Waals surface area contributed by atoms with E-state index >= 15 is 0 Å². The quantitative estimate of drug-likeness (QED) is 0.621. The highest BCUT2D eigenvalue weighted by Gasteiger charge is 2.57. The topological polar surface area (TPSA) is 89.9 Å². The van der Waals surface area contributed by atoms with Gasteiger partial charge in [-0.05, 0) is 38.5 Å². The molecule has 26 heavy (non-hydrogen) atoms. The molecular formula is C19H23ClO6. The Kier molecular flexibility index (Phi) is 6.42. The summed E-state index contributed by atoms with van der Waals surface area (Å²) in [5, 5.41) is 11.3. The van der Waals surface area contributed by atoms with Crippen LogP contribution in [0.15, 0.2) is 24.3 Å². The van der Waals surface area contributed by atoms with E-state index in [0.717, 1.165) is 0 Å². The van der Waals surface area contributed by atoms with E-state index in [-0.39, 0.29) is 19.6 Å². The molecule has 1 aromatic carbocycles. The van der Waals surface area contributed by atoms with Crippen molar-refractivity contribution < 1.29 is 29.0 Å². The summed E-state index contributed by atoms with van der Waals surface area (Å²) >= 11 is 5.93. The third-order valence-corrected chi connectivity index (χ3v) is 4.86. The summed E-state index contributed by atoms with van der Waals surface area (Å²) in [6.07, 6.45) is -0.329. The molecule has 1 fully saturated rings. The Morgan fingerprint density at radius 1 is 1.15 bits per heavy atom. The fourth-order valence-electron chi connectivity index (χ4n) is 3.56. The minimum Gasteiger partial charge on any atom is -0.466 e. The third-order valence-electron chi connectivity index (χ3n) is 4.60. The summed E-state index contributed by atoms with van der Waals surface area (Å²) in [6.45, 7) is 4.94. The molecule has 1 N–H and O–H groups in total. The molecule has 0 amide bonds. The number of Topliss-reactive ketones (excluding diaryl/α,β-unsaturated/α-hetero) is 1. The standard InChI is InChI=1S/C19H23ClO6/c1-4-25-17(22)15-13(21)10-19(3,24)16(18(23)26-5-2)14(15)11-6-8-12(20)9-7-11/h6-9,14-16,24H,4-5,10H2,1-3H3/t14-,15-,16+,19-/m1/s1. The lowest BCUT2D eigenvalue weighted by molar-refractivity contribution is -0.172. The maximum absolute atomic E-state index is 12.7. The minimum atomic E-state index is -1.64. The van der Waals surface area contributed by atoms with Crippen molar-refractivity contribution in [1.29, 1.82) is 0 Å². The Hall–Kier alpha value is -1.92. The van der Waals surface area contributed by atoms with Gasteiger partial charge in [-0.3, -0.25) is 14.4 Å². The van der Waals surface area contributed by atoms with Crippen molar-refractivity contribution in [2.24, 2.45) is 11.8 Å². The van der Waals surface area contributed by atoms with Gasteiger partial charge in [-0.2, -0.15) is 0 Å². The van der Waals surface area contributed by atoms with Crippen LogP contribution < -0.4 is 0 Å². The second-order valence-electron chi connectivity index (χ2n) is 6.54. The Morgan fingerprint density at radius 3 is 2.23 bits per heavy atom. The van der Waals surface area contributed by atoms with Crippen molar-refractivity contribution in [2.45, 2.75) is 38.7 Å². The van der Waals surface area contributed by atoms with Gasteiger partial charge in [0, 0.05) is 17.4 Å². The summed E-state index contributed by atoms with van der Waals surface area (Å²) in [6, 6.07) is 6.49. The first-order chi connectivity index (χ1) is 12.2. The Labute approximate surface area is 157 Å². The van der Waals surface area contributed by atoms with Gasteiger partial charge in [0.2, 0.25) is 0 Å². The monoisotopic (exact) mass is 382 g/mol. The minimum absolute atomic E-state index is 0.108. The molecule has 0 aliphatic heterocycles. The molecule has 7 heteroatoms. The largest absolute Gasteiger partial charge is 0.466 e. The zero-order chi connectivity index (χ0) is 19.5. The van der Waals surface area contributed by atoms with E-state index in [1.165, 1.54) is 6.92 Å². The van der Waals surface area contributed by atoms with E-state index in [9.17, 15) is 19.5 Å². The molecule has 2 rings (SSSR count). The normalized spacial score (nSPS) is 28.5. The maximum Gasteiger partial charge on any atom is 0.317 e. The van der Waals surface area contributed by atoms with Gasteiger partial charge in [0.1, 0.15) is 5.92 Å². The number of carbonyl (C=O) groups is 3. The van der Waals surface area contributed by atoms with Crippen LogP contribution in [-0.4, -0.2) is 41.6 Å². The summed E-state index contributed by atoms with van der Waals surface area (Å²) < 4.78 is 10.2. The lowest BCUT2D eigenvalue weighted by Gasteiger charge is -2.43. The van der Waals surface area contributed by atoms with Gasteiger partial charge >= 0.3 is 11.9 Å². The molecule has 0 heterocycles. The fourth-order valence-corrected chi connectivity index (χ4v) is 3.69. The van der Waals surface area contributed by atoms with E-state index in [1.807, 2.05) is 0 Å². The lowest BCUT2D eigenvalue weighted by atomic mass is 9.62. The number of ether oxygens (including phenoxy) is 2. The van der Waals surface area contributed by atoms with Crippen molar-refractivity contribution in [2.75, 3.05) is 13.2 Å². The fraction of sp³-hybridized carbons (Fsp3) is 0.526. The smallest absolute Gasteiger partial charge is 0.317 e. The third kappa shape index (κ3) is 4.07. The highest BCUT2D eigenvalue weighted by atomic mass is 35.5. The van der Waals surface area contributed by atoms with Crippen molar-refractivity contribution in [3.05, 3.63) is 34.9 Å². The Bertz CT molecular complexity index is 682. The van der Waals surface area contributed by atoms with Crippen LogP contribution in [0.5, 0.6) is 0 Å². The van der Waals surface area contributed by atoms with Gasteiger partial charge in [-0.25, -0.2) is 0 Å². The number of aliphatic hydroxyl groups is 1. The maximum atomic E-state index is 12.7. The van der Waals surface area contributed by atoms with Gasteiger partial charge in [-0.15, -0.1) is 0 Å². The van der Waals surface area contributed by atoms with Gasteiger partial charge < -0.3 is 14.6 Å². The zero-order valence-corrected chi connectivity index (χ0v) is 15.8. The molecule has 0 bridgehead atoms. The van der Waals surface area contributed by atoms with Gasteiger partial charge in [0.25, 0.3) is 0 Å². The first-order valence-electron chi connectivity index (χ1n) is 8.56. The predicted molar refractivity (Wildman–Crippen MR) is 94.7 cm³/mol. The molecule has 1 saturated carbocycles. The summed E-state index contributed by atoms with van der Waals surface area (Å²) in [4.78, 5) is 37.8. The van der Waals surface area contributed by atoms with Crippen LogP contribution in [0.2, 0.25) is 5.02 Å². The molecule has 6 nitrogen and oxygen atoms in total. The average molecular weight is 383 g/mol. The Morgan fingerprint density at radius 2 is 1.69 bits per heavy atom. The number of rotatable bonds is 5. The number of ketones is 1. The van der Waals surface area contributed by atoms with Gasteiger partial charge in [-0.1, -0.05) is 23.7 Å². The number of hydrogen-bond acceptors (Lipinski definition) is 6. The SMILES string of the molecule is CCOC(=O)[C@@H]1C(=O)C[C@@](C)(O)[C@H](C(=O)OCC)[C@@H]1c1ccc(Cl)cc1. The van der Waals surface area contributed by atoms with Crippen molar-refractivity contribution in [1.82, 2.24) is 0 Å². The van der Waals surface area contributed by atoms with Gasteiger partial charge in [0.15, 0.2) is 5.78 Å². The van der Waals surface area contributed by atoms with E-state index in [0.29, 0.717) is 10.6 Å². The number of carbonyl (C=O) groups excluding carboxylic acids is 3. The number of benzene rings is 1. The van der Waals surface area contributed by atoms with Crippen LogP contribution in [0.1, 0.15) is 38.7 Å². The molecule has 0 radical (unpaired) electrons. The highest BCUT2D eigenvalue weighted by molar-refractivity contribution is 6.30. The first kappa shape index (κ1) is 20.4. The molecule has 0 spiro atoms. The second-order valence-corrected chi connectivity index (χ2v) is 6.97. The lowest BCUT2D eigenvalue weighted by Crippen LogP contribution is -2.55. The average Bonchev–Trinajstić information content (AvgIpc) is 2.54. The van der Waals surface area contributed by atoms with Crippen LogP contribution >= 0.6 is 11.6 Å². The van der Waals surface area contributed by atoms with Crippen LogP contribution in [-0.2, 0) is 23.9 Å². The predicted octanol–water partition coefficient (Wildman–Crippen LogP) is 2.51. The van der Waals surface area contributed by atoms with E-state index in [2.05, 4.69) is 0 Å². The van der Waals surface area contributed by atoms with Crippen molar-refractivity contribution in [3.8, 4) is 0 Å². The van der Waals surface area contributed by atoms with Crippen LogP contribution in [0.25, 0.3) is 0 Å². The molecule has 0 saturated heterocycles. The number of hydrogen-bond donors (Lipinski definition) is 1. The number of esters is 2. The molecule has 1 aliphatic carbocycles. The number of halogens is 1. The zero-order valence-electron chi connectivity index (χ0n) is 15.0. The summed E-state index contributed by atoms with van der Waals surface area (Å²) in [7, 11) is 0. The van der Waals surface area contributed by atoms with Crippen molar-refractivity contribution in [3.63, 3.8) is 0 Å². The molecule has 1 aromatic rings. The molecular weight excluding hydrogens is 360 g/mol. The van der Waals surface area contributed by atoms with Gasteiger partial charge in [0.05, 0.1) is 24.7 Å². The summed E-state index contributed by atoms with van der Waals surface area (Å²) in [5.41, 5.74) is -1.10. The van der Waals surface area contributed by atoms with E-state index in [4.69, 9.17) is 21.1 Å². The first-order valence-corrected chi connectivity index (χ1v) is 8.94. The Balaban J connectivity index is 2.59. The molecule has 1 aliphatic rings. The van der Waals surface area contributed by atoms with Crippen LogP contribution in [0.4, 0.5) is 0 Å². The second kappa shape index (κ2) is 8.18.